The topological polar surface area (TPSA) is 86.7 Å². The number of aryl methyl sites for hydroxylation is 1. The molecule has 0 bridgehead atoms. The molecule has 3 aromatic carbocycles. The standard InChI is InChI=1S/C29H28N2O4S/c1-19-10-8-9-15-22(19)25-23-24(29(30-25,28(34)35)18-20-11-4-2-5-12-20)27(33)31(26(23)32)16-17-36-21-13-6-3-7-14-21/h2-15,23-25,30H,16-18H2,1H3,(H,34,35). The van der Waals surface area contributed by atoms with E-state index in [1.165, 1.54) is 4.90 Å². The number of carboxylic acids is 1. The first-order chi connectivity index (χ1) is 17.4. The van der Waals surface area contributed by atoms with Crippen LogP contribution in [0, 0.1) is 18.8 Å². The Morgan fingerprint density at radius 3 is 2.25 bits per heavy atom. The van der Waals surface area contributed by atoms with Crippen LogP contribution in [0.2, 0.25) is 0 Å². The molecule has 36 heavy (non-hydrogen) atoms. The van der Waals surface area contributed by atoms with Crippen LogP contribution in [0.25, 0.3) is 0 Å². The van der Waals surface area contributed by atoms with Crippen molar-refractivity contribution in [1.29, 1.82) is 0 Å². The number of nitrogens with zero attached hydrogens (tertiary/aromatic N) is 1. The van der Waals surface area contributed by atoms with E-state index in [4.69, 9.17) is 0 Å². The summed E-state index contributed by atoms with van der Waals surface area (Å²) in [7, 11) is 0. The Labute approximate surface area is 214 Å². The number of rotatable bonds is 8. The minimum atomic E-state index is -1.59. The molecule has 184 valence electrons. The molecule has 4 atom stereocenters. The van der Waals surface area contributed by atoms with Crippen molar-refractivity contribution in [2.45, 2.75) is 29.8 Å². The van der Waals surface area contributed by atoms with Gasteiger partial charge in [0.15, 0.2) is 0 Å². The molecular weight excluding hydrogens is 472 g/mol. The number of likely N-dealkylation sites (tertiary alicyclic amines) is 1. The summed E-state index contributed by atoms with van der Waals surface area (Å²) in [5.74, 6) is -3.04. The van der Waals surface area contributed by atoms with E-state index in [9.17, 15) is 19.5 Å². The van der Waals surface area contributed by atoms with Crippen LogP contribution >= 0.6 is 11.8 Å². The lowest BCUT2D eigenvalue weighted by Crippen LogP contribution is -2.57. The summed E-state index contributed by atoms with van der Waals surface area (Å²) in [6, 6.07) is 26.2. The molecule has 2 N–H and O–H groups in total. The van der Waals surface area contributed by atoms with Gasteiger partial charge < -0.3 is 5.11 Å². The third kappa shape index (κ3) is 4.22. The van der Waals surface area contributed by atoms with Crippen molar-refractivity contribution in [3.63, 3.8) is 0 Å². The quantitative estimate of drug-likeness (QED) is 0.358. The van der Waals surface area contributed by atoms with Crippen molar-refractivity contribution in [2.75, 3.05) is 12.3 Å². The zero-order valence-corrected chi connectivity index (χ0v) is 20.8. The summed E-state index contributed by atoms with van der Waals surface area (Å²) >= 11 is 1.57. The Kier molecular flexibility index (Phi) is 6.69. The van der Waals surface area contributed by atoms with Crippen LogP contribution in [-0.2, 0) is 20.8 Å². The minimum absolute atomic E-state index is 0.109. The molecule has 7 heteroatoms. The van der Waals surface area contributed by atoms with E-state index in [1.54, 1.807) is 11.8 Å². The number of imide groups is 1. The Hall–Kier alpha value is -3.42. The molecule has 2 aliphatic rings. The van der Waals surface area contributed by atoms with Gasteiger partial charge in [-0.05, 0) is 35.7 Å². The zero-order valence-electron chi connectivity index (χ0n) is 20.0. The third-order valence-electron chi connectivity index (χ3n) is 7.30. The molecule has 0 spiro atoms. The summed E-state index contributed by atoms with van der Waals surface area (Å²) in [5.41, 5.74) is 1.01. The highest BCUT2D eigenvalue weighted by atomic mass is 32.2. The molecule has 3 aromatic rings. The van der Waals surface area contributed by atoms with Crippen LogP contribution in [0.15, 0.2) is 89.8 Å². The van der Waals surface area contributed by atoms with Crippen molar-refractivity contribution in [2.24, 2.45) is 11.8 Å². The number of carboxylic acid groups (broad SMARTS) is 1. The summed E-state index contributed by atoms with van der Waals surface area (Å²) in [6.07, 6.45) is 0.109. The van der Waals surface area contributed by atoms with Crippen molar-refractivity contribution in [1.82, 2.24) is 10.2 Å². The van der Waals surface area contributed by atoms with E-state index in [0.29, 0.717) is 5.75 Å². The fourth-order valence-electron chi connectivity index (χ4n) is 5.61. The van der Waals surface area contributed by atoms with Gasteiger partial charge in [-0.25, -0.2) is 0 Å². The van der Waals surface area contributed by atoms with Gasteiger partial charge >= 0.3 is 5.97 Å². The van der Waals surface area contributed by atoms with Crippen LogP contribution < -0.4 is 5.32 Å². The first kappa shape index (κ1) is 24.3. The summed E-state index contributed by atoms with van der Waals surface area (Å²) in [6.45, 7) is 2.19. The Morgan fingerprint density at radius 2 is 1.58 bits per heavy atom. The van der Waals surface area contributed by atoms with Crippen LogP contribution in [0.4, 0.5) is 0 Å². The predicted molar refractivity (Wildman–Crippen MR) is 138 cm³/mol. The molecule has 0 aromatic heterocycles. The molecule has 2 amide bonds. The van der Waals surface area contributed by atoms with Gasteiger partial charge in [0.05, 0.1) is 11.8 Å². The molecule has 6 nitrogen and oxygen atoms in total. The fourth-order valence-corrected chi connectivity index (χ4v) is 6.47. The maximum Gasteiger partial charge on any atom is 0.325 e. The summed E-state index contributed by atoms with van der Waals surface area (Å²) < 4.78 is 0. The molecule has 2 aliphatic heterocycles. The number of hydrogen-bond acceptors (Lipinski definition) is 5. The van der Waals surface area contributed by atoms with Crippen molar-refractivity contribution in [3.8, 4) is 0 Å². The van der Waals surface area contributed by atoms with Crippen molar-refractivity contribution < 1.29 is 19.5 Å². The number of fused-ring (bicyclic) bond motifs is 1. The molecule has 0 aliphatic carbocycles. The maximum absolute atomic E-state index is 13.8. The Bertz CT molecular complexity index is 1280. The van der Waals surface area contributed by atoms with Gasteiger partial charge in [0.1, 0.15) is 5.54 Å². The van der Waals surface area contributed by atoms with Gasteiger partial charge in [0.25, 0.3) is 0 Å². The number of benzene rings is 3. The van der Waals surface area contributed by atoms with Gasteiger partial charge in [-0.2, -0.15) is 0 Å². The van der Waals surface area contributed by atoms with Crippen LogP contribution in [-0.4, -0.2) is 45.6 Å². The lowest BCUT2D eigenvalue weighted by molar-refractivity contribution is -0.151. The lowest BCUT2D eigenvalue weighted by Gasteiger charge is -2.31. The van der Waals surface area contributed by atoms with Crippen molar-refractivity contribution in [3.05, 3.63) is 102 Å². The molecule has 2 fully saturated rings. The molecule has 4 unspecified atom stereocenters. The SMILES string of the molecule is Cc1ccccc1C1NC(Cc2ccccc2)(C(=O)O)C2C(=O)N(CCSc3ccccc3)C(=O)C12. The second-order valence-electron chi connectivity index (χ2n) is 9.41. The smallest absolute Gasteiger partial charge is 0.325 e. The van der Waals surface area contributed by atoms with E-state index in [-0.39, 0.29) is 18.9 Å². The lowest BCUT2D eigenvalue weighted by atomic mass is 9.76. The highest BCUT2D eigenvalue weighted by Crippen LogP contribution is 2.50. The number of thioether (sulfide) groups is 1. The van der Waals surface area contributed by atoms with Gasteiger partial charge in [-0.15, -0.1) is 11.8 Å². The highest BCUT2D eigenvalue weighted by molar-refractivity contribution is 7.99. The molecular formula is C29H28N2O4S. The van der Waals surface area contributed by atoms with Gasteiger partial charge in [0.2, 0.25) is 11.8 Å². The summed E-state index contributed by atoms with van der Waals surface area (Å²) in [4.78, 5) is 42.9. The number of carbonyl (C=O) groups excluding carboxylic acids is 2. The maximum atomic E-state index is 13.8. The molecule has 0 saturated carbocycles. The first-order valence-corrected chi connectivity index (χ1v) is 13.0. The number of aliphatic carboxylic acids is 1. The second kappa shape index (κ2) is 9.91. The van der Waals surface area contributed by atoms with Crippen LogP contribution in [0.1, 0.15) is 22.7 Å². The largest absolute Gasteiger partial charge is 0.480 e. The van der Waals surface area contributed by atoms with E-state index in [0.717, 1.165) is 21.6 Å². The highest BCUT2D eigenvalue weighted by Gasteiger charge is 2.68. The second-order valence-corrected chi connectivity index (χ2v) is 10.6. The number of carbonyl (C=O) groups is 3. The Morgan fingerprint density at radius 1 is 0.944 bits per heavy atom. The van der Waals surface area contributed by atoms with E-state index >= 15 is 0 Å². The van der Waals surface area contributed by atoms with Crippen LogP contribution in [0.5, 0.6) is 0 Å². The average molecular weight is 501 g/mol. The van der Waals surface area contributed by atoms with E-state index < -0.39 is 35.3 Å². The van der Waals surface area contributed by atoms with E-state index in [1.807, 2.05) is 91.9 Å². The zero-order chi connectivity index (χ0) is 25.3. The van der Waals surface area contributed by atoms with Crippen molar-refractivity contribution >= 4 is 29.5 Å². The molecule has 5 rings (SSSR count). The molecule has 0 radical (unpaired) electrons. The van der Waals surface area contributed by atoms with Crippen LogP contribution in [0.3, 0.4) is 0 Å². The monoisotopic (exact) mass is 500 g/mol. The fraction of sp³-hybridized carbons (Fsp3) is 0.276. The number of hydrogen-bond donors (Lipinski definition) is 2. The van der Waals surface area contributed by atoms with Gasteiger partial charge in [-0.3, -0.25) is 24.6 Å². The molecule has 2 saturated heterocycles. The van der Waals surface area contributed by atoms with E-state index in [2.05, 4.69) is 5.32 Å². The van der Waals surface area contributed by atoms with Gasteiger partial charge in [-0.1, -0.05) is 72.8 Å². The minimum Gasteiger partial charge on any atom is -0.480 e. The summed E-state index contributed by atoms with van der Waals surface area (Å²) in [5, 5.41) is 13.9. The third-order valence-corrected chi connectivity index (χ3v) is 8.30. The average Bonchev–Trinajstić information content (AvgIpc) is 3.35. The number of nitrogens with one attached hydrogen (secondary N) is 1. The Balaban J connectivity index is 1.51. The first-order valence-electron chi connectivity index (χ1n) is 12.1. The molecule has 2 heterocycles. The predicted octanol–water partition coefficient (Wildman–Crippen LogP) is 4.10. The van der Waals surface area contributed by atoms with Gasteiger partial charge in [0, 0.05) is 29.7 Å². The number of amides is 2. The normalized spacial score (nSPS) is 25.2.